The highest BCUT2D eigenvalue weighted by molar-refractivity contribution is 6.02. The van der Waals surface area contributed by atoms with E-state index in [2.05, 4.69) is 15.8 Å². The quantitative estimate of drug-likeness (QED) is 0.508. The summed E-state index contributed by atoms with van der Waals surface area (Å²) in [4.78, 5) is 38.7. The number of carbonyl (C=O) groups is 3. The van der Waals surface area contributed by atoms with Crippen LogP contribution >= 0.6 is 0 Å². The van der Waals surface area contributed by atoms with Crippen LogP contribution in [0.2, 0.25) is 0 Å². The molecule has 0 aliphatic heterocycles. The molecule has 2 rings (SSSR count). The number of carbonyl (C=O) groups excluding carboxylic acids is 3. The lowest BCUT2D eigenvalue weighted by Gasteiger charge is -2.12. The summed E-state index contributed by atoms with van der Waals surface area (Å²) in [6, 6.07) is 6.99. The van der Waals surface area contributed by atoms with Crippen molar-refractivity contribution >= 4 is 17.6 Å². The SMILES string of the molecule is CCOc1ccccc1OCC(=O)NNC(=O)c1[nH]c(C)c(C(C)=O)c1C. The summed E-state index contributed by atoms with van der Waals surface area (Å²) in [6.45, 7) is 6.84. The third kappa shape index (κ3) is 4.87. The standard InChI is InChI=1S/C19H23N3O5/c1-5-26-14-8-6-7-9-15(14)27-10-16(24)21-22-19(25)18-11(2)17(13(4)23)12(3)20-18/h6-9,20H,5,10H2,1-4H3,(H,21,24)(H,22,25). The molecule has 0 saturated carbocycles. The maximum absolute atomic E-state index is 12.2. The van der Waals surface area contributed by atoms with E-state index in [1.54, 1.807) is 38.1 Å². The van der Waals surface area contributed by atoms with Gasteiger partial charge < -0.3 is 14.5 Å². The molecule has 0 spiro atoms. The van der Waals surface area contributed by atoms with Gasteiger partial charge in [-0.05, 0) is 45.4 Å². The molecular formula is C19H23N3O5. The summed E-state index contributed by atoms with van der Waals surface area (Å²) in [5, 5.41) is 0. The van der Waals surface area contributed by atoms with Crippen LogP contribution in [0.4, 0.5) is 0 Å². The average molecular weight is 373 g/mol. The number of para-hydroxylation sites is 2. The maximum Gasteiger partial charge on any atom is 0.286 e. The minimum atomic E-state index is -0.550. The minimum Gasteiger partial charge on any atom is -0.490 e. The van der Waals surface area contributed by atoms with Crippen molar-refractivity contribution in [1.82, 2.24) is 15.8 Å². The monoisotopic (exact) mass is 373 g/mol. The number of nitrogens with one attached hydrogen (secondary N) is 3. The third-order valence-electron chi connectivity index (χ3n) is 3.84. The van der Waals surface area contributed by atoms with E-state index < -0.39 is 11.8 Å². The molecule has 1 aromatic carbocycles. The number of hydrogen-bond donors (Lipinski definition) is 3. The molecule has 27 heavy (non-hydrogen) atoms. The van der Waals surface area contributed by atoms with E-state index in [9.17, 15) is 14.4 Å². The van der Waals surface area contributed by atoms with Crippen LogP contribution < -0.4 is 20.3 Å². The van der Waals surface area contributed by atoms with Gasteiger partial charge >= 0.3 is 0 Å². The summed E-state index contributed by atoms with van der Waals surface area (Å²) in [7, 11) is 0. The number of H-pyrrole nitrogens is 1. The molecule has 2 amide bonds. The fraction of sp³-hybridized carbons (Fsp3) is 0.316. The second-order valence-electron chi connectivity index (χ2n) is 5.85. The minimum absolute atomic E-state index is 0.134. The van der Waals surface area contributed by atoms with Crippen LogP contribution in [0.25, 0.3) is 0 Å². The van der Waals surface area contributed by atoms with Crippen molar-refractivity contribution in [1.29, 1.82) is 0 Å². The van der Waals surface area contributed by atoms with E-state index in [1.165, 1.54) is 6.92 Å². The lowest BCUT2D eigenvalue weighted by molar-refractivity contribution is -0.123. The van der Waals surface area contributed by atoms with Crippen molar-refractivity contribution in [3.63, 3.8) is 0 Å². The van der Waals surface area contributed by atoms with Gasteiger partial charge in [0.05, 0.1) is 6.61 Å². The van der Waals surface area contributed by atoms with Crippen LogP contribution in [0.15, 0.2) is 24.3 Å². The number of Topliss-reactive ketones (excluding diaryl/α,β-unsaturated/α-hetero) is 1. The van der Waals surface area contributed by atoms with Crippen LogP contribution in [0.3, 0.4) is 0 Å². The molecule has 0 aliphatic carbocycles. The van der Waals surface area contributed by atoms with Crippen LogP contribution in [0.1, 0.15) is 46.0 Å². The summed E-state index contributed by atoms with van der Waals surface area (Å²) in [5.74, 6) is -0.256. The highest BCUT2D eigenvalue weighted by atomic mass is 16.5. The Morgan fingerprint density at radius 3 is 2.22 bits per heavy atom. The normalized spacial score (nSPS) is 10.2. The summed E-state index contributed by atoms with van der Waals surface area (Å²) in [5.41, 5.74) is 6.42. The van der Waals surface area contributed by atoms with E-state index in [-0.39, 0.29) is 18.1 Å². The zero-order chi connectivity index (χ0) is 20.0. The zero-order valence-electron chi connectivity index (χ0n) is 15.8. The number of amides is 2. The van der Waals surface area contributed by atoms with E-state index in [1.807, 2.05) is 6.92 Å². The molecule has 1 aromatic heterocycles. The number of ketones is 1. The van der Waals surface area contributed by atoms with Gasteiger partial charge in [-0.1, -0.05) is 12.1 Å². The summed E-state index contributed by atoms with van der Waals surface area (Å²) < 4.78 is 10.8. The summed E-state index contributed by atoms with van der Waals surface area (Å²) >= 11 is 0. The molecular weight excluding hydrogens is 350 g/mol. The van der Waals surface area contributed by atoms with Gasteiger partial charge in [0.25, 0.3) is 11.8 Å². The van der Waals surface area contributed by atoms with Gasteiger partial charge in [0.15, 0.2) is 23.9 Å². The van der Waals surface area contributed by atoms with Crippen LogP contribution in [-0.2, 0) is 4.79 Å². The number of aryl methyl sites for hydroxylation is 1. The first kappa shape index (κ1) is 20.0. The van der Waals surface area contributed by atoms with Crippen molar-refractivity contribution in [3.05, 3.63) is 46.8 Å². The Hall–Kier alpha value is -3.29. The second kappa shape index (κ2) is 8.88. The largest absolute Gasteiger partial charge is 0.490 e. The van der Waals surface area contributed by atoms with Crippen molar-refractivity contribution < 1.29 is 23.9 Å². The Morgan fingerprint density at radius 2 is 1.67 bits per heavy atom. The molecule has 0 radical (unpaired) electrons. The first-order valence-electron chi connectivity index (χ1n) is 8.49. The smallest absolute Gasteiger partial charge is 0.286 e. The molecule has 0 unspecified atom stereocenters. The van der Waals surface area contributed by atoms with E-state index in [4.69, 9.17) is 9.47 Å². The van der Waals surface area contributed by atoms with Crippen molar-refractivity contribution in [3.8, 4) is 11.5 Å². The van der Waals surface area contributed by atoms with Gasteiger partial charge in [-0.25, -0.2) is 0 Å². The number of hydrazine groups is 1. The number of benzene rings is 1. The van der Waals surface area contributed by atoms with Crippen molar-refractivity contribution in [2.75, 3.05) is 13.2 Å². The summed E-state index contributed by atoms with van der Waals surface area (Å²) in [6.07, 6.45) is 0. The molecule has 144 valence electrons. The van der Waals surface area contributed by atoms with Crippen molar-refractivity contribution in [2.24, 2.45) is 0 Å². The lowest BCUT2D eigenvalue weighted by Crippen LogP contribution is -2.44. The molecule has 8 heteroatoms. The average Bonchev–Trinajstić information content (AvgIpc) is 2.93. The topological polar surface area (TPSA) is 110 Å². The van der Waals surface area contributed by atoms with Gasteiger partial charge in [-0.2, -0.15) is 0 Å². The Balaban J connectivity index is 1.92. The Bertz CT molecular complexity index is 857. The molecule has 0 aliphatic rings. The molecule has 0 bridgehead atoms. The number of aromatic amines is 1. The van der Waals surface area contributed by atoms with Crippen LogP contribution in [-0.4, -0.2) is 35.8 Å². The molecule has 1 heterocycles. The third-order valence-corrected chi connectivity index (χ3v) is 3.84. The van der Waals surface area contributed by atoms with Gasteiger partial charge in [-0.3, -0.25) is 25.2 Å². The molecule has 3 N–H and O–H groups in total. The maximum atomic E-state index is 12.2. The zero-order valence-corrected chi connectivity index (χ0v) is 15.8. The predicted molar refractivity (Wildman–Crippen MR) is 99.0 cm³/mol. The molecule has 8 nitrogen and oxygen atoms in total. The fourth-order valence-electron chi connectivity index (χ4n) is 2.72. The highest BCUT2D eigenvalue weighted by Crippen LogP contribution is 2.26. The first-order valence-corrected chi connectivity index (χ1v) is 8.49. The fourth-order valence-corrected chi connectivity index (χ4v) is 2.72. The molecule has 0 saturated heterocycles. The second-order valence-corrected chi connectivity index (χ2v) is 5.85. The van der Waals surface area contributed by atoms with E-state index in [0.29, 0.717) is 34.9 Å². The first-order chi connectivity index (χ1) is 12.8. The molecule has 0 fully saturated rings. The molecule has 2 aromatic rings. The van der Waals surface area contributed by atoms with Gasteiger partial charge in [0, 0.05) is 11.3 Å². The highest BCUT2D eigenvalue weighted by Gasteiger charge is 2.20. The van der Waals surface area contributed by atoms with Gasteiger partial charge in [0.2, 0.25) is 0 Å². The van der Waals surface area contributed by atoms with E-state index >= 15 is 0 Å². The Labute approximate surface area is 157 Å². The van der Waals surface area contributed by atoms with Gasteiger partial charge in [0.1, 0.15) is 5.69 Å². The predicted octanol–water partition coefficient (Wildman–Crippen LogP) is 2.07. The van der Waals surface area contributed by atoms with Gasteiger partial charge in [-0.15, -0.1) is 0 Å². The molecule has 0 atom stereocenters. The van der Waals surface area contributed by atoms with Crippen molar-refractivity contribution in [2.45, 2.75) is 27.7 Å². The number of ether oxygens (including phenoxy) is 2. The number of rotatable bonds is 7. The lowest BCUT2D eigenvalue weighted by atomic mass is 10.1. The Kier molecular flexibility index (Phi) is 6.59. The van der Waals surface area contributed by atoms with E-state index in [0.717, 1.165) is 0 Å². The number of aromatic nitrogens is 1. The Morgan fingerprint density at radius 1 is 1.04 bits per heavy atom. The van der Waals surface area contributed by atoms with Crippen LogP contribution in [0.5, 0.6) is 11.5 Å². The van der Waals surface area contributed by atoms with Crippen LogP contribution in [0, 0.1) is 13.8 Å². The number of hydrogen-bond acceptors (Lipinski definition) is 5.